The third-order valence-corrected chi connectivity index (χ3v) is 3.74. The van der Waals surface area contributed by atoms with Crippen LogP contribution in [-0.4, -0.2) is 28.6 Å². The van der Waals surface area contributed by atoms with Crippen molar-refractivity contribution in [2.75, 3.05) is 12.3 Å². The van der Waals surface area contributed by atoms with Crippen molar-refractivity contribution in [3.05, 3.63) is 11.1 Å². The number of aromatic nitrogens is 1. The van der Waals surface area contributed by atoms with E-state index in [0.29, 0.717) is 17.6 Å². The lowest BCUT2D eigenvalue weighted by atomic mass is 10.1. The number of aliphatic hydroxyl groups excluding tert-OH is 1. The Labute approximate surface area is 104 Å². The van der Waals surface area contributed by atoms with Crippen molar-refractivity contribution < 1.29 is 9.90 Å². The van der Waals surface area contributed by atoms with Crippen LogP contribution in [0.2, 0.25) is 0 Å². The smallest absolute Gasteiger partial charge is 0.226 e. The molecule has 6 heteroatoms. The van der Waals surface area contributed by atoms with Gasteiger partial charge >= 0.3 is 0 Å². The Morgan fingerprint density at radius 3 is 3.06 bits per heavy atom. The van der Waals surface area contributed by atoms with Crippen molar-refractivity contribution in [1.82, 2.24) is 10.3 Å². The van der Waals surface area contributed by atoms with E-state index in [1.54, 1.807) is 5.38 Å². The Hall–Kier alpha value is -1.14. The Bertz CT molecular complexity index is 394. The fourth-order valence-electron chi connectivity index (χ4n) is 2.12. The first-order valence-electron chi connectivity index (χ1n) is 5.78. The Kier molecular flexibility index (Phi) is 3.96. The van der Waals surface area contributed by atoms with Gasteiger partial charge in [-0.2, -0.15) is 0 Å². The van der Waals surface area contributed by atoms with E-state index in [1.807, 2.05) is 0 Å². The summed E-state index contributed by atoms with van der Waals surface area (Å²) >= 11 is 1.34. The summed E-state index contributed by atoms with van der Waals surface area (Å²) in [6.45, 7) is 0.648. The number of nitrogens with two attached hydrogens (primary N) is 1. The Balaban J connectivity index is 1.71. The fourth-order valence-corrected chi connectivity index (χ4v) is 2.69. The predicted molar refractivity (Wildman–Crippen MR) is 66.6 cm³/mol. The number of carbonyl (C=O) groups is 1. The minimum Gasteiger partial charge on any atom is -0.393 e. The van der Waals surface area contributed by atoms with Gasteiger partial charge in [-0.3, -0.25) is 4.79 Å². The number of aliphatic hydroxyl groups is 1. The maximum Gasteiger partial charge on any atom is 0.226 e. The molecule has 0 aliphatic heterocycles. The molecular weight excluding hydrogens is 238 g/mol. The van der Waals surface area contributed by atoms with Crippen LogP contribution in [0.15, 0.2) is 5.38 Å². The van der Waals surface area contributed by atoms with Crippen LogP contribution >= 0.6 is 11.3 Å². The summed E-state index contributed by atoms with van der Waals surface area (Å²) in [7, 11) is 0. The minimum absolute atomic E-state index is 0.0308. The summed E-state index contributed by atoms with van der Waals surface area (Å²) in [5.41, 5.74) is 6.21. The fraction of sp³-hybridized carbons (Fsp3) is 0.636. The van der Waals surface area contributed by atoms with E-state index in [1.165, 1.54) is 11.3 Å². The third-order valence-electron chi connectivity index (χ3n) is 3.01. The van der Waals surface area contributed by atoms with Gasteiger partial charge in [0.05, 0.1) is 18.2 Å². The number of rotatable bonds is 4. The first-order chi connectivity index (χ1) is 8.13. The molecule has 0 radical (unpaired) electrons. The third kappa shape index (κ3) is 3.67. The van der Waals surface area contributed by atoms with Gasteiger partial charge < -0.3 is 16.2 Å². The van der Waals surface area contributed by atoms with E-state index < -0.39 is 0 Å². The van der Waals surface area contributed by atoms with Gasteiger partial charge in [0, 0.05) is 11.9 Å². The van der Waals surface area contributed by atoms with Crippen LogP contribution in [0.4, 0.5) is 5.13 Å². The molecule has 4 N–H and O–H groups in total. The van der Waals surface area contributed by atoms with Crippen molar-refractivity contribution in [1.29, 1.82) is 0 Å². The van der Waals surface area contributed by atoms with E-state index in [2.05, 4.69) is 10.3 Å². The van der Waals surface area contributed by atoms with Crippen LogP contribution in [-0.2, 0) is 11.2 Å². The molecule has 0 saturated heterocycles. The summed E-state index contributed by atoms with van der Waals surface area (Å²) in [6.07, 6.45) is 2.73. The first-order valence-corrected chi connectivity index (χ1v) is 6.66. The summed E-state index contributed by atoms with van der Waals surface area (Å²) < 4.78 is 0. The molecule has 17 heavy (non-hydrogen) atoms. The molecule has 1 amide bonds. The standard InChI is InChI=1S/C11H17N3O2S/c12-11-14-8(6-17-11)4-10(16)13-5-7-1-2-9(15)3-7/h6-7,9,15H,1-5H2,(H2,12,14)(H,13,16). The van der Waals surface area contributed by atoms with Crippen molar-refractivity contribution in [3.8, 4) is 0 Å². The van der Waals surface area contributed by atoms with Crippen molar-refractivity contribution in [3.63, 3.8) is 0 Å². The summed E-state index contributed by atoms with van der Waals surface area (Å²) in [6, 6.07) is 0. The number of nitrogens with one attached hydrogen (secondary N) is 1. The van der Waals surface area contributed by atoms with Crippen LogP contribution in [0.25, 0.3) is 0 Å². The average Bonchev–Trinajstić information content (AvgIpc) is 2.85. The molecule has 1 saturated carbocycles. The van der Waals surface area contributed by atoms with Crippen molar-refractivity contribution in [2.45, 2.75) is 31.8 Å². The average molecular weight is 255 g/mol. The number of nitrogens with zero attached hydrogens (tertiary/aromatic N) is 1. The molecule has 1 heterocycles. The molecule has 2 rings (SSSR count). The van der Waals surface area contributed by atoms with Crippen LogP contribution in [0.5, 0.6) is 0 Å². The number of anilines is 1. The number of carbonyl (C=O) groups excluding carboxylic acids is 1. The summed E-state index contributed by atoms with van der Waals surface area (Å²) in [5, 5.41) is 14.5. The van der Waals surface area contributed by atoms with E-state index >= 15 is 0 Å². The normalized spacial score (nSPS) is 23.8. The zero-order valence-corrected chi connectivity index (χ0v) is 10.4. The van der Waals surface area contributed by atoms with Crippen molar-refractivity contribution >= 4 is 22.4 Å². The lowest BCUT2D eigenvalue weighted by Gasteiger charge is -2.10. The molecular formula is C11H17N3O2S. The van der Waals surface area contributed by atoms with Crippen LogP contribution in [0.1, 0.15) is 25.0 Å². The van der Waals surface area contributed by atoms with Gasteiger partial charge in [0.2, 0.25) is 5.91 Å². The monoisotopic (exact) mass is 255 g/mol. The molecule has 2 unspecified atom stereocenters. The SMILES string of the molecule is Nc1nc(CC(=O)NCC2CCC(O)C2)cs1. The van der Waals surface area contributed by atoms with E-state index in [0.717, 1.165) is 25.0 Å². The molecule has 1 aliphatic carbocycles. The summed E-state index contributed by atoms with van der Waals surface area (Å²) in [5.74, 6) is 0.381. The highest BCUT2D eigenvalue weighted by Crippen LogP contribution is 2.24. The minimum atomic E-state index is -0.185. The lowest BCUT2D eigenvalue weighted by Crippen LogP contribution is -2.30. The van der Waals surface area contributed by atoms with E-state index in [4.69, 9.17) is 5.73 Å². The highest BCUT2D eigenvalue weighted by atomic mass is 32.1. The molecule has 1 aliphatic rings. The second-order valence-electron chi connectivity index (χ2n) is 4.49. The molecule has 1 fully saturated rings. The van der Waals surface area contributed by atoms with Crippen LogP contribution in [0, 0.1) is 5.92 Å². The molecule has 1 aromatic heterocycles. The second-order valence-corrected chi connectivity index (χ2v) is 5.38. The predicted octanol–water partition coefficient (Wildman–Crippen LogP) is 0.545. The zero-order valence-electron chi connectivity index (χ0n) is 9.56. The van der Waals surface area contributed by atoms with Gasteiger partial charge in [-0.1, -0.05) is 0 Å². The van der Waals surface area contributed by atoms with E-state index in [-0.39, 0.29) is 18.4 Å². The molecule has 0 spiro atoms. The van der Waals surface area contributed by atoms with Gasteiger partial charge in [-0.25, -0.2) is 4.98 Å². The van der Waals surface area contributed by atoms with Gasteiger partial charge in [-0.05, 0) is 25.2 Å². The summed E-state index contributed by atoms with van der Waals surface area (Å²) in [4.78, 5) is 15.6. The van der Waals surface area contributed by atoms with Crippen molar-refractivity contribution in [2.24, 2.45) is 5.92 Å². The lowest BCUT2D eigenvalue weighted by molar-refractivity contribution is -0.120. The highest BCUT2D eigenvalue weighted by Gasteiger charge is 2.22. The van der Waals surface area contributed by atoms with Gasteiger partial charge in [0.15, 0.2) is 5.13 Å². The van der Waals surface area contributed by atoms with Crippen LogP contribution in [0.3, 0.4) is 0 Å². The molecule has 1 aromatic rings. The van der Waals surface area contributed by atoms with Gasteiger partial charge in [0.25, 0.3) is 0 Å². The Morgan fingerprint density at radius 1 is 1.65 bits per heavy atom. The topological polar surface area (TPSA) is 88.2 Å². The maximum atomic E-state index is 11.6. The molecule has 0 bridgehead atoms. The number of amides is 1. The number of nitrogen functional groups attached to an aromatic ring is 1. The zero-order chi connectivity index (χ0) is 12.3. The molecule has 2 atom stereocenters. The first kappa shape index (κ1) is 12.3. The Morgan fingerprint density at radius 2 is 2.47 bits per heavy atom. The van der Waals surface area contributed by atoms with Crippen LogP contribution < -0.4 is 11.1 Å². The molecule has 94 valence electrons. The second kappa shape index (κ2) is 5.46. The number of hydrogen-bond acceptors (Lipinski definition) is 5. The molecule has 5 nitrogen and oxygen atoms in total. The number of thiazole rings is 1. The van der Waals surface area contributed by atoms with E-state index in [9.17, 15) is 9.90 Å². The van der Waals surface area contributed by atoms with Gasteiger partial charge in [0.1, 0.15) is 0 Å². The number of hydrogen-bond donors (Lipinski definition) is 3. The quantitative estimate of drug-likeness (QED) is 0.733. The highest BCUT2D eigenvalue weighted by molar-refractivity contribution is 7.13. The largest absolute Gasteiger partial charge is 0.393 e. The van der Waals surface area contributed by atoms with Gasteiger partial charge in [-0.15, -0.1) is 11.3 Å². The molecule has 0 aromatic carbocycles. The maximum absolute atomic E-state index is 11.6.